The summed E-state index contributed by atoms with van der Waals surface area (Å²) in [4.78, 5) is 34.2. The third-order valence-corrected chi connectivity index (χ3v) is 4.24. The number of rotatable bonds is 7. The van der Waals surface area contributed by atoms with E-state index in [2.05, 4.69) is 5.32 Å². The van der Waals surface area contributed by atoms with Crippen LogP contribution in [0.4, 0.5) is 0 Å². The molecule has 6 N–H and O–H groups in total. The first-order chi connectivity index (χ1) is 9.56. The normalized spacial score (nSPS) is 28.3. The van der Waals surface area contributed by atoms with Gasteiger partial charge in [-0.05, 0) is 6.92 Å². The molecule has 2 unspecified atom stereocenters. The second-order valence-corrected chi connectivity index (χ2v) is 5.88. The first-order valence-electron chi connectivity index (χ1n) is 6.78. The summed E-state index contributed by atoms with van der Waals surface area (Å²) < 4.78 is 5.51. The van der Waals surface area contributed by atoms with Gasteiger partial charge in [0.25, 0.3) is 0 Å². The molecule has 0 radical (unpaired) electrons. The Morgan fingerprint density at radius 1 is 1.43 bits per heavy atom. The Hall–Kier alpha value is -1.67. The van der Waals surface area contributed by atoms with E-state index in [1.54, 1.807) is 13.8 Å². The zero-order valence-corrected chi connectivity index (χ0v) is 12.5. The molecule has 0 heterocycles. The van der Waals surface area contributed by atoms with Crippen molar-refractivity contribution in [3.63, 3.8) is 0 Å². The molecule has 8 heteroatoms. The van der Waals surface area contributed by atoms with E-state index in [1.807, 2.05) is 6.92 Å². The van der Waals surface area contributed by atoms with Gasteiger partial charge < -0.3 is 26.6 Å². The first-order valence-corrected chi connectivity index (χ1v) is 6.78. The van der Waals surface area contributed by atoms with E-state index in [0.29, 0.717) is 13.0 Å². The quantitative estimate of drug-likeness (QED) is 0.473. The molecule has 1 fully saturated rings. The molecule has 120 valence electrons. The average Bonchev–Trinajstić information content (AvgIpc) is 2.36. The zero-order valence-electron chi connectivity index (χ0n) is 12.5. The molecule has 0 aromatic heterocycles. The van der Waals surface area contributed by atoms with Crippen LogP contribution in [0.25, 0.3) is 0 Å². The monoisotopic (exact) mass is 301 g/mol. The first kappa shape index (κ1) is 17.4. The Bertz CT molecular complexity index is 451. The maximum absolute atomic E-state index is 12.3. The van der Waals surface area contributed by atoms with E-state index < -0.39 is 41.2 Å². The Balaban J connectivity index is 2.79. The number of amides is 2. The second-order valence-electron chi connectivity index (χ2n) is 5.88. The topological polar surface area (TPSA) is 145 Å². The molecule has 1 saturated carbocycles. The maximum Gasteiger partial charge on any atom is 0.326 e. The highest BCUT2D eigenvalue weighted by Gasteiger charge is 2.63. The van der Waals surface area contributed by atoms with Crippen LogP contribution in [0.2, 0.25) is 0 Å². The van der Waals surface area contributed by atoms with E-state index in [9.17, 15) is 14.4 Å². The van der Waals surface area contributed by atoms with Crippen LogP contribution in [0.5, 0.6) is 0 Å². The van der Waals surface area contributed by atoms with Crippen molar-refractivity contribution in [1.82, 2.24) is 5.32 Å². The Labute approximate surface area is 123 Å². The average molecular weight is 301 g/mol. The van der Waals surface area contributed by atoms with Gasteiger partial charge in [0.2, 0.25) is 11.8 Å². The molecule has 0 spiro atoms. The number of carboxylic acids is 1. The van der Waals surface area contributed by atoms with E-state index in [4.69, 9.17) is 21.3 Å². The lowest BCUT2D eigenvalue weighted by Crippen LogP contribution is -2.76. The van der Waals surface area contributed by atoms with Gasteiger partial charge in [-0.15, -0.1) is 0 Å². The summed E-state index contributed by atoms with van der Waals surface area (Å²) in [5.74, 6) is -2.75. The summed E-state index contributed by atoms with van der Waals surface area (Å²) in [6, 6.07) is -1.38. The van der Waals surface area contributed by atoms with Crippen molar-refractivity contribution in [2.24, 2.45) is 16.9 Å². The van der Waals surface area contributed by atoms with Crippen LogP contribution in [0, 0.1) is 5.41 Å². The minimum absolute atomic E-state index is 0.169. The Morgan fingerprint density at radius 2 is 2.00 bits per heavy atom. The molecular formula is C13H23N3O5. The maximum atomic E-state index is 12.3. The molecule has 1 aliphatic carbocycles. The predicted octanol–water partition coefficient (Wildman–Crippen LogP) is -1.04. The van der Waals surface area contributed by atoms with Crippen LogP contribution in [0.3, 0.4) is 0 Å². The van der Waals surface area contributed by atoms with Crippen molar-refractivity contribution < 1.29 is 24.2 Å². The summed E-state index contributed by atoms with van der Waals surface area (Å²) in [5, 5.41) is 11.3. The molecule has 0 aromatic rings. The van der Waals surface area contributed by atoms with Gasteiger partial charge in [0, 0.05) is 18.4 Å². The van der Waals surface area contributed by atoms with E-state index in [-0.39, 0.29) is 6.10 Å². The van der Waals surface area contributed by atoms with Gasteiger partial charge in [0.05, 0.1) is 12.5 Å². The summed E-state index contributed by atoms with van der Waals surface area (Å²) >= 11 is 0. The van der Waals surface area contributed by atoms with E-state index in [1.165, 1.54) is 0 Å². The summed E-state index contributed by atoms with van der Waals surface area (Å²) in [7, 11) is 0. The van der Waals surface area contributed by atoms with Crippen LogP contribution in [-0.4, -0.2) is 47.2 Å². The minimum atomic E-state index is -1.38. The summed E-state index contributed by atoms with van der Waals surface area (Å²) in [6.45, 7) is 5.94. The Kier molecular flexibility index (Phi) is 4.95. The molecule has 0 bridgehead atoms. The van der Waals surface area contributed by atoms with Crippen molar-refractivity contribution in [2.45, 2.75) is 51.3 Å². The molecule has 0 saturated heterocycles. The largest absolute Gasteiger partial charge is 0.480 e. The zero-order chi connectivity index (χ0) is 16.4. The van der Waals surface area contributed by atoms with Crippen LogP contribution in [0.1, 0.15) is 33.6 Å². The lowest BCUT2D eigenvalue weighted by atomic mass is 9.54. The van der Waals surface area contributed by atoms with Gasteiger partial charge in [0.1, 0.15) is 11.6 Å². The lowest BCUT2D eigenvalue weighted by Gasteiger charge is -2.57. The number of hydrogen-bond donors (Lipinski definition) is 4. The van der Waals surface area contributed by atoms with Crippen molar-refractivity contribution in [2.75, 3.05) is 6.61 Å². The number of carboxylic acid groups (broad SMARTS) is 1. The molecular weight excluding hydrogens is 278 g/mol. The van der Waals surface area contributed by atoms with Crippen LogP contribution >= 0.6 is 0 Å². The number of nitrogens with one attached hydrogen (secondary N) is 1. The second kappa shape index (κ2) is 5.98. The van der Waals surface area contributed by atoms with Gasteiger partial charge in [-0.1, -0.05) is 13.8 Å². The lowest BCUT2D eigenvalue weighted by molar-refractivity contribution is -0.172. The van der Waals surface area contributed by atoms with Gasteiger partial charge in [-0.25, -0.2) is 4.79 Å². The van der Waals surface area contributed by atoms with Gasteiger partial charge in [-0.3, -0.25) is 9.59 Å². The van der Waals surface area contributed by atoms with Crippen molar-refractivity contribution >= 4 is 17.8 Å². The number of hydrogen-bond acceptors (Lipinski definition) is 5. The predicted molar refractivity (Wildman–Crippen MR) is 74.1 cm³/mol. The number of primary amides is 1. The molecule has 1 aliphatic rings. The number of nitrogens with two attached hydrogens (primary N) is 2. The van der Waals surface area contributed by atoms with E-state index >= 15 is 0 Å². The van der Waals surface area contributed by atoms with Crippen LogP contribution in [0.15, 0.2) is 0 Å². The Morgan fingerprint density at radius 3 is 2.38 bits per heavy atom. The summed E-state index contributed by atoms with van der Waals surface area (Å²) in [6.07, 6.45) is -0.354. The van der Waals surface area contributed by atoms with Gasteiger partial charge >= 0.3 is 5.97 Å². The SMILES string of the molecule is CCOC1CC(N)(C(=O)N[C@H](CC(N)=O)C(=O)O)C1(C)C. The standard InChI is InChI=1S/C13H23N3O5/c1-4-21-8-6-13(15,12(8,2)3)11(20)16-7(10(18)19)5-9(14)17/h7-8H,4-6,15H2,1-3H3,(H2,14,17)(H,16,20)(H,18,19)/t7-,8?,13?/m1/s1. The minimum Gasteiger partial charge on any atom is -0.480 e. The van der Waals surface area contributed by atoms with Crippen molar-refractivity contribution in [3.8, 4) is 0 Å². The molecule has 0 aliphatic heterocycles. The number of carbonyl (C=O) groups excluding carboxylic acids is 2. The van der Waals surface area contributed by atoms with Gasteiger partial charge in [0.15, 0.2) is 0 Å². The van der Waals surface area contributed by atoms with E-state index in [0.717, 1.165) is 0 Å². The third kappa shape index (κ3) is 3.16. The highest BCUT2D eigenvalue weighted by Crippen LogP contribution is 2.49. The van der Waals surface area contributed by atoms with Crippen molar-refractivity contribution in [3.05, 3.63) is 0 Å². The number of ether oxygens (including phenoxy) is 1. The molecule has 21 heavy (non-hydrogen) atoms. The highest BCUT2D eigenvalue weighted by molar-refractivity contribution is 5.93. The molecule has 8 nitrogen and oxygen atoms in total. The van der Waals surface area contributed by atoms with Crippen LogP contribution in [-0.2, 0) is 19.1 Å². The van der Waals surface area contributed by atoms with Gasteiger partial charge in [-0.2, -0.15) is 0 Å². The number of carbonyl (C=O) groups is 3. The fourth-order valence-corrected chi connectivity index (χ4v) is 2.51. The van der Waals surface area contributed by atoms with Crippen molar-refractivity contribution in [1.29, 1.82) is 0 Å². The third-order valence-electron chi connectivity index (χ3n) is 4.24. The van der Waals surface area contributed by atoms with Crippen LogP contribution < -0.4 is 16.8 Å². The fourth-order valence-electron chi connectivity index (χ4n) is 2.51. The molecule has 3 atom stereocenters. The molecule has 2 amide bonds. The fraction of sp³-hybridized carbons (Fsp3) is 0.769. The number of aliphatic carboxylic acids is 1. The smallest absolute Gasteiger partial charge is 0.326 e. The molecule has 0 aromatic carbocycles. The summed E-state index contributed by atoms with van der Waals surface area (Å²) in [5.41, 5.74) is 9.22. The molecule has 1 rings (SSSR count). The highest BCUT2D eigenvalue weighted by atomic mass is 16.5.